The molecule has 0 radical (unpaired) electrons. The fourth-order valence-electron chi connectivity index (χ4n) is 2.65. The number of anilines is 1. The number of nitrogens with zero attached hydrogens (tertiary/aromatic N) is 3. The Balaban J connectivity index is 1.65. The predicted molar refractivity (Wildman–Crippen MR) is 93.0 cm³/mol. The van der Waals surface area contributed by atoms with Crippen LogP contribution in [0.5, 0.6) is 0 Å². The monoisotopic (exact) mass is 322 g/mol. The molecular formula is C17H14N4OS. The molecule has 3 aromatic heterocycles. The summed E-state index contributed by atoms with van der Waals surface area (Å²) in [5, 5.41) is 9.30. The van der Waals surface area contributed by atoms with Gasteiger partial charge in [0, 0.05) is 17.8 Å². The molecular weight excluding hydrogens is 308 g/mol. The first-order valence-corrected chi connectivity index (χ1v) is 8.03. The minimum Gasteiger partial charge on any atom is -0.320 e. The molecule has 0 saturated carbocycles. The number of para-hydroxylation sites is 1. The smallest absolute Gasteiger partial charge is 0.265 e. The molecule has 0 saturated heterocycles. The van der Waals surface area contributed by atoms with Crippen LogP contribution in [0.25, 0.3) is 21.1 Å². The number of hydrogen-bond acceptors (Lipinski definition) is 4. The van der Waals surface area contributed by atoms with Crippen molar-refractivity contribution in [1.29, 1.82) is 0 Å². The summed E-state index contributed by atoms with van der Waals surface area (Å²) < 4.78 is 1.81. The SMILES string of the molecule is Cc1nn(C)c2sc(C(=O)Nc3cnc4ccccc4c3)cc12. The van der Waals surface area contributed by atoms with E-state index in [1.54, 1.807) is 6.20 Å². The molecule has 0 unspecified atom stereocenters. The van der Waals surface area contributed by atoms with E-state index in [4.69, 9.17) is 0 Å². The zero-order valence-corrected chi connectivity index (χ0v) is 13.5. The third-order valence-corrected chi connectivity index (χ3v) is 4.97. The van der Waals surface area contributed by atoms with E-state index in [9.17, 15) is 4.79 Å². The van der Waals surface area contributed by atoms with Crippen LogP contribution in [0.1, 0.15) is 15.4 Å². The van der Waals surface area contributed by atoms with Gasteiger partial charge in [0.2, 0.25) is 0 Å². The maximum atomic E-state index is 12.5. The van der Waals surface area contributed by atoms with Crippen LogP contribution >= 0.6 is 11.3 Å². The Hall–Kier alpha value is -2.73. The van der Waals surface area contributed by atoms with Crippen LogP contribution < -0.4 is 5.32 Å². The largest absolute Gasteiger partial charge is 0.320 e. The van der Waals surface area contributed by atoms with Crippen molar-refractivity contribution in [3.63, 3.8) is 0 Å². The van der Waals surface area contributed by atoms with Crippen molar-refractivity contribution in [1.82, 2.24) is 14.8 Å². The first-order valence-electron chi connectivity index (χ1n) is 7.21. The van der Waals surface area contributed by atoms with Crippen LogP contribution in [0.4, 0.5) is 5.69 Å². The fraction of sp³-hybridized carbons (Fsp3) is 0.118. The summed E-state index contributed by atoms with van der Waals surface area (Å²) in [6.07, 6.45) is 1.68. The van der Waals surface area contributed by atoms with Crippen molar-refractivity contribution < 1.29 is 4.79 Å². The summed E-state index contributed by atoms with van der Waals surface area (Å²) in [5.41, 5.74) is 2.54. The Kier molecular flexibility index (Phi) is 3.12. The topological polar surface area (TPSA) is 59.8 Å². The molecule has 23 heavy (non-hydrogen) atoms. The Bertz CT molecular complexity index is 1010. The molecule has 0 aliphatic heterocycles. The number of amides is 1. The lowest BCUT2D eigenvalue weighted by Gasteiger charge is -2.04. The first kappa shape index (κ1) is 13.9. The standard InChI is InChI=1S/C17H14N4OS/c1-10-13-8-15(23-17(13)21(2)20-10)16(22)19-12-7-11-5-3-4-6-14(11)18-9-12/h3-9H,1-2H3,(H,19,22). The van der Waals surface area contributed by atoms with Crippen molar-refractivity contribution in [3.8, 4) is 0 Å². The molecule has 4 rings (SSSR count). The molecule has 1 amide bonds. The van der Waals surface area contributed by atoms with Gasteiger partial charge in [-0.05, 0) is 25.1 Å². The molecule has 114 valence electrons. The minimum atomic E-state index is -0.123. The lowest BCUT2D eigenvalue weighted by Crippen LogP contribution is -2.10. The zero-order valence-electron chi connectivity index (χ0n) is 12.7. The Labute approximate surface area is 136 Å². The number of carbonyl (C=O) groups excluding carboxylic acids is 1. The number of benzene rings is 1. The van der Waals surface area contributed by atoms with E-state index in [1.807, 2.05) is 55.1 Å². The number of pyridine rings is 1. The maximum Gasteiger partial charge on any atom is 0.265 e. The number of aryl methyl sites for hydroxylation is 2. The number of nitrogens with one attached hydrogen (secondary N) is 1. The highest BCUT2D eigenvalue weighted by Crippen LogP contribution is 2.28. The molecule has 0 aliphatic rings. The lowest BCUT2D eigenvalue weighted by molar-refractivity contribution is 0.103. The highest BCUT2D eigenvalue weighted by Gasteiger charge is 2.15. The van der Waals surface area contributed by atoms with Gasteiger partial charge in [-0.15, -0.1) is 11.3 Å². The molecule has 0 aliphatic carbocycles. The van der Waals surface area contributed by atoms with E-state index in [0.29, 0.717) is 10.6 Å². The number of aromatic nitrogens is 3. The number of hydrogen-bond donors (Lipinski definition) is 1. The van der Waals surface area contributed by atoms with Crippen LogP contribution in [0.3, 0.4) is 0 Å². The molecule has 5 nitrogen and oxygen atoms in total. The van der Waals surface area contributed by atoms with Gasteiger partial charge in [-0.1, -0.05) is 18.2 Å². The van der Waals surface area contributed by atoms with Gasteiger partial charge in [0.1, 0.15) is 4.83 Å². The summed E-state index contributed by atoms with van der Waals surface area (Å²) in [6, 6.07) is 11.7. The second kappa shape index (κ2) is 5.17. The lowest BCUT2D eigenvalue weighted by atomic mass is 10.2. The van der Waals surface area contributed by atoms with Gasteiger partial charge >= 0.3 is 0 Å². The van der Waals surface area contributed by atoms with E-state index < -0.39 is 0 Å². The van der Waals surface area contributed by atoms with Crippen molar-refractivity contribution >= 4 is 44.1 Å². The van der Waals surface area contributed by atoms with Crippen LogP contribution in [0.15, 0.2) is 42.6 Å². The summed E-state index contributed by atoms with van der Waals surface area (Å²) >= 11 is 1.44. The van der Waals surface area contributed by atoms with Gasteiger partial charge in [-0.2, -0.15) is 5.10 Å². The van der Waals surface area contributed by atoms with E-state index >= 15 is 0 Å². The van der Waals surface area contributed by atoms with Crippen LogP contribution in [0, 0.1) is 6.92 Å². The number of carbonyl (C=O) groups is 1. The quantitative estimate of drug-likeness (QED) is 0.611. The third kappa shape index (κ3) is 2.37. The molecule has 1 N–H and O–H groups in total. The van der Waals surface area contributed by atoms with Gasteiger partial charge in [-0.3, -0.25) is 14.5 Å². The average molecular weight is 322 g/mol. The molecule has 4 aromatic rings. The normalized spacial score (nSPS) is 11.2. The van der Waals surface area contributed by atoms with Gasteiger partial charge in [0.15, 0.2) is 0 Å². The minimum absolute atomic E-state index is 0.123. The molecule has 0 bridgehead atoms. The number of thiophene rings is 1. The Morgan fingerprint density at radius 3 is 2.91 bits per heavy atom. The van der Waals surface area contributed by atoms with E-state index in [-0.39, 0.29) is 5.91 Å². The Morgan fingerprint density at radius 2 is 2.09 bits per heavy atom. The second-order valence-corrected chi connectivity index (χ2v) is 6.44. The summed E-state index contributed by atoms with van der Waals surface area (Å²) in [7, 11) is 1.89. The predicted octanol–water partition coefficient (Wildman–Crippen LogP) is 3.74. The van der Waals surface area contributed by atoms with E-state index in [2.05, 4.69) is 15.4 Å². The molecule has 1 aromatic carbocycles. The first-order chi connectivity index (χ1) is 11.1. The van der Waals surface area contributed by atoms with Crippen molar-refractivity contribution in [2.24, 2.45) is 7.05 Å². The van der Waals surface area contributed by atoms with E-state index in [1.165, 1.54) is 11.3 Å². The highest BCUT2D eigenvalue weighted by atomic mass is 32.1. The summed E-state index contributed by atoms with van der Waals surface area (Å²) in [4.78, 5) is 18.5. The van der Waals surface area contributed by atoms with Crippen molar-refractivity contribution in [2.75, 3.05) is 5.32 Å². The Morgan fingerprint density at radius 1 is 1.26 bits per heavy atom. The summed E-state index contributed by atoms with van der Waals surface area (Å²) in [5.74, 6) is -0.123. The van der Waals surface area contributed by atoms with Gasteiger partial charge in [0.05, 0.1) is 28.0 Å². The van der Waals surface area contributed by atoms with Crippen LogP contribution in [-0.4, -0.2) is 20.7 Å². The van der Waals surface area contributed by atoms with Crippen LogP contribution in [-0.2, 0) is 7.05 Å². The maximum absolute atomic E-state index is 12.5. The van der Waals surface area contributed by atoms with Crippen molar-refractivity contribution in [3.05, 3.63) is 53.2 Å². The summed E-state index contributed by atoms with van der Waals surface area (Å²) in [6.45, 7) is 1.95. The van der Waals surface area contributed by atoms with Gasteiger partial charge in [-0.25, -0.2) is 0 Å². The van der Waals surface area contributed by atoms with Crippen molar-refractivity contribution in [2.45, 2.75) is 6.92 Å². The second-order valence-electron chi connectivity index (χ2n) is 5.41. The zero-order chi connectivity index (χ0) is 16.0. The van der Waals surface area contributed by atoms with E-state index in [0.717, 1.165) is 26.8 Å². The van der Waals surface area contributed by atoms with Gasteiger partial charge < -0.3 is 5.32 Å². The fourth-order valence-corrected chi connectivity index (χ4v) is 3.67. The molecule has 6 heteroatoms. The molecule has 0 spiro atoms. The average Bonchev–Trinajstić information content (AvgIpc) is 3.09. The van der Waals surface area contributed by atoms with Gasteiger partial charge in [0.25, 0.3) is 5.91 Å². The third-order valence-electron chi connectivity index (χ3n) is 3.77. The molecule has 3 heterocycles. The molecule has 0 fully saturated rings. The van der Waals surface area contributed by atoms with Crippen LogP contribution in [0.2, 0.25) is 0 Å². The molecule has 0 atom stereocenters. The number of fused-ring (bicyclic) bond motifs is 2. The number of rotatable bonds is 2. The highest BCUT2D eigenvalue weighted by molar-refractivity contribution is 7.20.